The molecule has 0 fully saturated rings. The van der Waals surface area contributed by atoms with Gasteiger partial charge in [-0.25, -0.2) is 0 Å². The van der Waals surface area contributed by atoms with E-state index in [1.165, 1.54) is 0 Å². The molecule has 0 aliphatic carbocycles. The third kappa shape index (κ3) is 2.60. The van der Waals surface area contributed by atoms with Crippen molar-refractivity contribution in [1.82, 2.24) is 10.3 Å². The van der Waals surface area contributed by atoms with Crippen LogP contribution in [0.1, 0.15) is 16.5 Å². The van der Waals surface area contributed by atoms with Crippen molar-refractivity contribution in [3.05, 3.63) is 45.4 Å². The van der Waals surface area contributed by atoms with Gasteiger partial charge in [0.25, 0.3) is 0 Å². The Labute approximate surface area is 109 Å². The molecular formula is C12H13ClN2OS. The number of hydrogen-bond donors (Lipinski definition) is 1. The lowest BCUT2D eigenvalue weighted by atomic mass is 10.1. The highest BCUT2D eigenvalue weighted by atomic mass is 35.5. The summed E-state index contributed by atoms with van der Waals surface area (Å²) in [7, 11) is 3.54. The predicted octanol–water partition coefficient (Wildman–Crippen LogP) is 3.11. The van der Waals surface area contributed by atoms with E-state index in [2.05, 4.69) is 10.3 Å². The molecule has 0 saturated heterocycles. The van der Waals surface area contributed by atoms with Gasteiger partial charge in [-0.05, 0) is 24.7 Å². The van der Waals surface area contributed by atoms with Crippen LogP contribution in [0, 0.1) is 0 Å². The van der Waals surface area contributed by atoms with Crippen LogP contribution in [0.2, 0.25) is 5.02 Å². The fourth-order valence-electron chi connectivity index (χ4n) is 1.70. The number of methoxy groups -OCH3 is 1. The Hall–Kier alpha value is -1.10. The molecule has 0 saturated carbocycles. The van der Waals surface area contributed by atoms with Crippen molar-refractivity contribution in [3.63, 3.8) is 0 Å². The van der Waals surface area contributed by atoms with Gasteiger partial charge in [-0.3, -0.25) is 4.98 Å². The van der Waals surface area contributed by atoms with Gasteiger partial charge in [-0.15, -0.1) is 11.3 Å². The molecule has 0 bridgehead atoms. The van der Waals surface area contributed by atoms with Crippen LogP contribution in [0.3, 0.4) is 0 Å². The summed E-state index contributed by atoms with van der Waals surface area (Å²) in [5, 5.41) is 3.88. The normalized spacial score (nSPS) is 12.4. The molecule has 0 aliphatic heterocycles. The number of rotatable bonds is 4. The van der Waals surface area contributed by atoms with Gasteiger partial charge in [0.2, 0.25) is 0 Å². The molecule has 1 unspecified atom stereocenters. The minimum Gasteiger partial charge on any atom is -0.495 e. The van der Waals surface area contributed by atoms with Crippen molar-refractivity contribution in [1.29, 1.82) is 0 Å². The molecule has 5 heteroatoms. The third-order valence-electron chi connectivity index (χ3n) is 2.53. The Morgan fingerprint density at radius 2 is 2.29 bits per heavy atom. The third-order valence-corrected chi connectivity index (χ3v) is 3.69. The monoisotopic (exact) mass is 268 g/mol. The van der Waals surface area contributed by atoms with Gasteiger partial charge < -0.3 is 10.1 Å². The van der Waals surface area contributed by atoms with E-state index in [1.54, 1.807) is 18.4 Å². The number of hydrogen-bond acceptors (Lipinski definition) is 4. The second kappa shape index (κ2) is 5.49. The molecule has 17 heavy (non-hydrogen) atoms. The summed E-state index contributed by atoms with van der Waals surface area (Å²) in [6.07, 6.45) is 1.87. The first-order valence-corrected chi connectivity index (χ1v) is 6.41. The number of nitrogens with one attached hydrogen (secondary N) is 1. The van der Waals surface area contributed by atoms with Crippen LogP contribution in [0.15, 0.2) is 29.9 Å². The van der Waals surface area contributed by atoms with Crippen molar-refractivity contribution < 1.29 is 4.74 Å². The summed E-state index contributed by atoms with van der Waals surface area (Å²) in [5.74, 6) is 0.689. The van der Waals surface area contributed by atoms with E-state index in [0.717, 1.165) is 10.4 Å². The standard InChI is InChI=1S/C12H13ClN2OS/c1-14-12(11-6-15-7-17-11)8-3-4-9(13)10(5-8)16-2/h3-7,12,14H,1-2H3. The predicted molar refractivity (Wildman–Crippen MR) is 71.0 cm³/mol. The fourth-order valence-corrected chi connectivity index (χ4v) is 2.65. The molecule has 1 aromatic carbocycles. The number of halogens is 1. The molecule has 1 aromatic heterocycles. The van der Waals surface area contributed by atoms with Gasteiger partial charge in [0, 0.05) is 11.1 Å². The lowest BCUT2D eigenvalue weighted by Gasteiger charge is -2.15. The van der Waals surface area contributed by atoms with Crippen LogP contribution in [0.5, 0.6) is 5.75 Å². The lowest BCUT2D eigenvalue weighted by Crippen LogP contribution is -2.16. The average molecular weight is 269 g/mol. The van der Waals surface area contributed by atoms with Crippen molar-refractivity contribution in [3.8, 4) is 5.75 Å². The Kier molecular flexibility index (Phi) is 3.99. The Morgan fingerprint density at radius 1 is 1.47 bits per heavy atom. The number of benzene rings is 1. The molecule has 0 amide bonds. The number of nitrogens with zero attached hydrogens (tertiary/aromatic N) is 1. The Bertz CT molecular complexity index is 487. The molecule has 90 valence electrons. The molecule has 2 aromatic rings. The lowest BCUT2D eigenvalue weighted by molar-refractivity contribution is 0.414. The zero-order chi connectivity index (χ0) is 12.3. The minimum absolute atomic E-state index is 0.119. The first-order chi connectivity index (χ1) is 8.26. The van der Waals surface area contributed by atoms with Crippen LogP contribution in [0.25, 0.3) is 0 Å². The van der Waals surface area contributed by atoms with Crippen LogP contribution in [-0.4, -0.2) is 19.1 Å². The number of aromatic nitrogens is 1. The molecule has 0 spiro atoms. The number of thiazole rings is 1. The van der Waals surface area contributed by atoms with E-state index in [4.69, 9.17) is 16.3 Å². The van der Waals surface area contributed by atoms with E-state index < -0.39 is 0 Å². The highest BCUT2D eigenvalue weighted by molar-refractivity contribution is 7.09. The smallest absolute Gasteiger partial charge is 0.137 e. The molecule has 3 nitrogen and oxygen atoms in total. The van der Waals surface area contributed by atoms with E-state index >= 15 is 0 Å². The number of ether oxygens (including phenoxy) is 1. The molecule has 2 rings (SSSR count). The minimum atomic E-state index is 0.119. The van der Waals surface area contributed by atoms with E-state index in [-0.39, 0.29) is 6.04 Å². The van der Waals surface area contributed by atoms with Crippen LogP contribution >= 0.6 is 22.9 Å². The Balaban J connectivity index is 2.38. The molecule has 1 N–H and O–H groups in total. The van der Waals surface area contributed by atoms with Crippen LogP contribution in [0.4, 0.5) is 0 Å². The van der Waals surface area contributed by atoms with E-state index in [9.17, 15) is 0 Å². The summed E-state index contributed by atoms with van der Waals surface area (Å²) in [6, 6.07) is 5.91. The molecule has 1 atom stereocenters. The van der Waals surface area contributed by atoms with Gasteiger partial charge in [0.05, 0.1) is 23.7 Å². The SMILES string of the molecule is CNC(c1ccc(Cl)c(OC)c1)c1cncs1. The first-order valence-electron chi connectivity index (χ1n) is 5.15. The van der Waals surface area contributed by atoms with Crippen molar-refractivity contribution in [2.24, 2.45) is 0 Å². The summed E-state index contributed by atoms with van der Waals surface area (Å²) in [6.45, 7) is 0. The van der Waals surface area contributed by atoms with Crippen molar-refractivity contribution in [2.75, 3.05) is 14.2 Å². The maximum absolute atomic E-state index is 6.01. The summed E-state index contributed by atoms with van der Waals surface area (Å²) >= 11 is 7.63. The molecule has 0 aliphatic rings. The zero-order valence-electron chi connectivity index (χ0n) is 9.61. The summed E-state index contributed by atoms with van der Waals surface area (Å²) in [4.78, 5) is 5.26. The highest BCUT2D eigenvalue weighted by Crippen LogP contribution is 2.31. The zero-order valence-corrected chi connectivity index (χ0v) is 11.2. The van der Waals surface area contributed by atoms with Gasteiger partial charge in [0.1, 0.15) is 5.75 Å². The van der Waals surface area contributed by atoms with Crippen molar-refractivity contribution >= 4 is 22.9 Å². The Morgan fingerprint density at radius 3 is 2.88 bits per heavy atom. The second-order valence-electron chi connectivity index (χ2n) is 3.52. The molecule has 1 heterocycles. The van der Waals surface area contributed by atoms with Gasteiger partial charge in [0.15, 0.2) is 0 Å². The summed E-state index contributed by atoms with van der Waals surface area (Å²) in [5.41, 5.74) is 2.94. The fraction of sp³-hybridized carbons (Fsp3) is 0.250. The average Bonchev–Trinajstić information content (AvgIpc) is 2.86. The second-order valence-corrected chi connectivity index (χ2v) is 4.84. The van der Waals surface area contributed by atoms with Crippen LogP contribution < -0.4 is 10.1 Å². The molecule has 0 radical (unpaired) electrons. The highest BCUT2D eigenvalue weighted by Gasteiger charge is 2.15. The van der Waals surface area contributed by atoms with Crippen LogP contribution in [-0.2, 0) is 0 Å². The molecular weight excluding hydrogens is 256 g/mol. The van der Waals surface area contributed by atoms with Gasteiger partial charge in [-0.2, -0.15) is 0 Å². The van der Waals surface area contributed by atoms with Gasteiger partial charge in [-0.1, -0.05) is 17.7 Å². The maximum Gasteiger partial charge on any atom is 0.137 e. The first kappa shape index (κ1) is 12.4. The topological polar surface area (TPSA) is 34.1 Å². The van der Waals surface area contributed by atoms with Gasteiger partial charge >= 0.3 is 0 Å². The largest absolute Gasteiger partial charge is 0.495 e. The maximum atomic E-state index is 6.01. The summed E-state index contributed by atoms with van der Waals surface area (Å²) < 4.78 is 5.23. The van der Waals surface area contributed by atoms with Crippen molar-refractivity contribution in [2.45, 2.75) is 6.04 Å². The van der Waals surface area contributed by atoms with E-state index in [0.29, 0.717) is 10.8 Å². The quantitative estimate of drug-likeness (QED) is 0.925. The van der Waals surface area contributed by atoms with E-state index in [1.807, 2.05) is 37.0 Å².